The SMILES string of the molecule is CCc1ccc(C(=O)C(I)=C2CCCC2)cc1. The molecule has 0 aliphatic heterocycles. The van der Waals surface area contributed by atoms with Crippen LogP contribution in [0.25, 0.3) is 0 Å². The highest BCUT2D eigenvalue weighted by Gasteiger charge is 2.17. The van der Waals surface area contributed by atoms with Gasteiger partial charge in [0, 0.05) is 5.56 Å². The summed E-state index contributed by atoms with van der Waals surface area (Å²) >= 11 is 2.22. The van der Waals surface area contributed by atoms with Crippen LogP contribution < -0.4 is 0 Å². The molecule has 0 heterocycles. The molecule has 1 saturated carbocycles. The molecule has 0 amide bonds. The molecule has 1 aliphatic carbocycles. The average Bonchev–Trinajstić information content (AvgIpc) is 2.91. The van der Waals surface area contributed by atoms with Crippen molar-refractivity contribution in [1.82, 2.24) is 0 Å². The van der Waals surface area contributed by atoms with Crippen LogP contribution in [0.3, 0.4) is 0 Å². The number of allylic oxidation sites excluding steroid dienone is 2. The van der Waals surface area contributed by atoms with Crippen LogP contribution in [0, 0.1) is 0 Å². The van der Waals surface area contributed by atoms with E-state index in [1.165, 1.54) is 24.0 Å². The number of carbonyl (C=O) groups excluding carboxylic acids is 1. The van der Waals surface area contributed by atoms with Gasteiger partial charge >= 0.3 is 0 Å². The summed E-state index contributed by atoms with van der Waals surface area (Å²) in [5.41, 5.74) is 3.46. The van der Waals surface area contributed by atoms with Crippen molar-refractivity contribution in [2.75, 3.05) is 0 Å². The number of hydrogen-bond donors (Lipinski definition) is 0. The van der Waals surface area contributed by atoms with E-state index in [0.717, 1.165) is 28.4 Å². The molecule has 0 saturated heterocycles. The fourth-order valence-electron chi connectivity index (χ4n) is 2.20. The highest BCUT2D eigenvalue weighted by Crippen LogP contribution is 2.31. The topological polar surface area (TPSA) is 17.1 Å². The van der Waals surface area contributed by atoms with Crippen molar-refractivity contribution in [3.05, 3.63) is 44.5 Å². The number of hydrogen-bond acceptors (Lipinski definition) is 1. The smallest absolute Gasteiger partial charge is 0.199 e. The predicted molar refractivity (Wildman–Crippen MR) is 79.7 cm³/mol. The Morgan fingerprint density at radius 3 is 2.29 bits per heavy atom. The highest BCUT2D eigenvalue weighted by atomic mass is 127. The Hall–Kier alpha value is -0.640. The summed E-state index contributed by atoms with van der Waals surface area (Å²) in [6, 6.07) is 8.01. The lowest BCUT2D eigenvalue weighted by Gasteiger charge is -2.04. The van der Waals surface area contributed by atoms with E-state index in [9.17, 15) is 4.79 Å². The summed E-state index contributed by atoms with van der Waals surface area (Å²) in [7, 11) is 0. The predicted octanol–water partition coefficient (Wildman–Crippen LogP) is 4.69. The molecule has 17 heavy (non-hydrogen) atoms. The third-order valence-electron chi connectivity index (χ3n) is 3.34. The van der Waals surface area contributed by atoms with Crippen molar-refractivity contribution < 1.29 is 4.79 Å². The van der Waals surface area contributed by atoms with Gasteiger partial charge in [0.15, 0.2) is 5.78 Å². The van der Waals surface area contributed by atoms with Gasteiger partial charge in [0.1, 0.15) is 0 Å². The summed E-state index contributed by atoms with van der Waals surface area (Å²) in [4.78, 5) is 12.3. The minimum Gasteiger partial charge on any atom is -0.288 e. The van der Waals surface area contributed by atoms with E-state index in [0.29, 0.717) is 0 Å². The van der Waals surface area contributed by atoms with E-state index in [2.05, 4.69) is 41.6 Å². The van der Waals surface area contributed by atoms with Gasteiger partial charge in [-0.05, 0) is 60.3 Å². The van der Waals surface area contributed by atoms with Gasteiger partial charge in [-0.25, -0.2) is 0 Å². The molecule has 0 atom stereocenters. The van der Waals surface area contributed by atoms with Crippen molar-refractivity contribution in [1.29, 1.82) is 0 Å². The third-order valence-corrected chi connectivity index (χ3v) is 4.59. The first-order chi connectivity index (χ1) is 8.22. The normalized spacial score (nSPS) is 15.1. The molecule has 0 N–H and O–H groups in total. The molecule has 1 nitrogen and oxygen atoms in total. The fraction of sp³-hybridized carbons (Fsp3) is 0.400. The van der Waals surface area contributed by atoms with Crippen molar-refractivity contribution in [2.24, 2.45) is 0 Å². The van der Waals surface area contributed by atoms with Crippen LogP contribution in [0.1, 0.15) is 48.5 Å². The Bertz CT molecular complexity index is 434. The molecule has 2 rings (SSSR count). The summed E-state index contributed by atoms with van der Waals surface area (Å²) in [5, 5.41) is 0. The largest absolute Gasteiger partial charge is 0.288 e. The first-order valence-corrected chi connectivity index (χ1v) is 7.31. The number of halogens is 1. The van der Waals surface area contributed by atoms with Crippen LogP contribution in [0.5, 0.6) is 0 Å². The van der Waals surface area contributed by atoms with E-state index >= 15 is 0 Å². The number of carbonyl (C=O) groups is 1. The van der Waals surface area contributed by atoms with Gasteiger partial charge < -0.3 is 0 Å². The lowest BCUT2D eigenvalue weighted by molar-refractivity contribution is 0.104. The number of benzene rings is 1. The number of aryl methyl sites for hydroxylation is 1. The zero-order valence-corrected chi connectivity index (χ0v) is 12.3. The maximum absolute atomic E-state index is 12.3. The van der Waals surface area contributed by atoms with Gasteiger partial charge in [0.25, 0.3) is 0 Å². The summed E-state index contributed by atoms with van der Waals surface area (Å²) in [6.45, 7) is 2.13. The van der Waals surface area contributed by atoms with Crippen molar-refractivity contribution in [3.63, 3.8) is 0 Å². The Morgan fingerprint density at radius 2 is 1.76 bits per heavy atom. The second-order valence-electron chi connectivity index (χ2n) is 4.50. The maximum Gasteiger partial charge on any atom is 0.199 e. The van der Waals surface area contributed by atoms with E-state index in [4.69, 9.17) is 0 Å². The van der Waals surface area contributed by atoms with Crippen LogP contribution in [-0.4, -0.2) is 5.78 Å². The van der Waals surface area contributed by atoms with Crippen LogP contribution in [0.4, 0.5) is 0 Å². The van der Waals surface area contributed by atoms with Crippen molar-refractivity contribution in [3.8, 4) is 0 Å². The van der Waals surface area contributed by atoms with Gasteiger partial charge in [-0.2, -0.15) is 0 Å². The lowest BCUT2D eigenvalue weighted by Crippen LogP contribution is -2.01. The van der Waals surface area contributed by atoms with E-state index in [-0.39, 0.29) is 5.78 Å². The second-order valence-corrected chi connectivity index (χ2v) is 5.58. The quantitative estimate of drug-likeness (QED) is 0.443. The number of Topliss-reactive ketones (excluding diaryl/α,β-unsaturated/α-hetero) is 1. The monoisotopic (exact) mass is 340 g/mol. The molecule has 2 heteroatoms. The van der Waals surface area contributed by atoms with Crippen molar-refractivity contribution in [2.45, 2.75) is 39.0 Å². The molecular formula is C15H17IO. The highest BCUT2D eigenvalue weighted by molar-refractivity contribution is 14.1. The summed E-state index contributed by atoms with van der Waals surface area (Å²) in [5.74, 6) is 0.199. The van der Waals surface area contributed by atoms with E-state index in [1.54, 1.807) is 0 Å². The first-order valence-electron chi connectivity index (χ1n) is 6.23. The molecule has 0 unspecified atom stereocenters. The summed E-state index contributed by atoms with van der Waals surface area (Å²) in [6.07, 6.45) is 5.72. The van der Waals surface area contributed by atoms with Crippen LogP contribution >= 0.6 is 22.6 Å². The molecule has 0 radical (unpaired) electrons. The minimum absolute atomic E-state index is 0.199. The van der Waals surface area contributed by atoms with E-state index < -0.39 is 0 Å². The van der Waals surface area contributed by atoms with Crippen LogP contribution in [0.15, 0.2) is 33.4 Å². The Labute approximate surface area is 116 Å². The first kappa shape index (κ1) is 12.8. The van der Waals surface area contributed by atoms with Gasteiger partial charge in [-0.1, -0.05) is 36.8 Å². The van der Waals surface area contributed by atoms with Gasteiger partial charge in [-0.3, -0.25) is 4.79 Å². The zero-order chi connectivity index (χ0) is 12.3. The zero-order valence-electron chi connectivity index (χ0n) is 10.1. The van der Waals surface area contributed by atoms with Crippen LogP contribution in [-0.2, 0) is 6.42 Å². The Kier molecular flexibility index (Phi) is 4.37. The van der Waals surface area contributed by atoms with Gasteiger partial charge in [-0.15, -0.1) is 0 Å². The maximum atomic E-state index is 12.3. The standard InChI is InChI=1S/C15H17IO/c1-2-11-7-9-13(10-8-11)15(17)14(16)12-5-3-4-6-12/h7-10H,2-6H2,1H3. The molecule has 0 bridgehead atoms. The molecule has 1 fully saturated rings. The summed E-state index contributed by atoms with van der Waals surface area (Å²) < 4.78 is 0.948. The second kappa shape index (κ2) is 5.80. The van der Waals surface area contributed by atoms with Gasteiger partial charge in [0.2, 0.25) is 0 Å². The third kappa shape index (κ3) is 2.97. The number of rotatable bonds is 3. The molecule has 0 aromatic heterocycles. The fourth-order valence-corrected chi connectivity index (χ4v) is 3.05. The van der Waals surface area contributed by atoms with Crippen molar-refractivity contribution >= 4 is 28.4 Å². The molecule has 1 aromatic carbocycles. The molecule has 0 spiro atoms. The molecule has 90 valence electrons. The minimum atomic E-state index is 0.199. The molecule has 1 aliphatic rings. The number of ketones is 1. The van der Waals surface area contributed by atoms with Crippen LogP contribution in [0.2, 0.25) is 0 Å². The Balaban J connectivity index is 2.21. The van der Waals surface area contributed by atoms with Gasteiger partial charge in [0.05, 0.1) is 3.58 Å². The molecular weight excluding hydrogens is 323 g/mol. The average molecular weight is 340 g/mol. The Morgan fingerprint density at radius 1 is 1.18 bits per heavy atom. The lowest BCUT2D eigenvalue weighted by atomic mass is 10.0. The van der Waals surface area contributed by atoms with E-state index in [1.807, 2.05) is 12.1 Å². The molecule has 1 aromatic rings.